The summed E-state index contributed by atoms with van der Waals surface area (Å²) >= 11 is 6.18. The number of rotatable bonds is 7. The van der Waals surface area contributed by atoms with Crippen molar-refractivity contribution in [2.45, 2.75) is 31.5 Å². The molecule has 0 spiro atoms. The highest BCUT2D eigenvalue weighted by Gasteiger charge is 2.43. The van der Waals surface area contributed by atoms with E-state index in [1.54, 1.807) is 48.2 Å². The molecule has 41 heavy (non-hydrogen) atoms. The summed E-state index contributed by atoms with van der Waals surface area (Å²) in [7, 11) is -3.81. The van der Waals surface area contributed by atoms with Gasteiger partial charge in [0.1, 0.15) is 12.4 Å². The van der Waals surface area contributed by atoms with Crippen LogP contribution in [-0.4, -0.2) is 98.8 Å². The molecular formula is C26H30ClN9O4S. The molecule has 3 aromatic rings. The zero-order chi connectivity index (χ0) is 29.1. The maximum Gasteiger partial charge on any atom is 0.277 e. The third kappa shape index (κ3) is 6.63. The minimum atomic E-state index is -3.81. The van der Waals surface area contributed by atoms with Gasteiger partial charge in [0.05, 0.1) is 5.69 Å². The van der Waals surface area contributed by atoms with Gasteiger partial charge < -0.3 is 10.2 Å². The zero-order valence-electron chi connectivity index (χ0n) is 22.2. The molecule has 15 heteroatoms. The number of nitrogens with zero attached hydrogens (tertiary/aromatic N) is 7. The summed E-state index contributed by atoms with van der Waals surface area (Å²) in [5, 5.41) is 20.0. The monoisotopic (exact) mass is 599 g/mol. The van der Waals surface area contributed by atoms with E-state index < -0.39 is 16.3 Å². The van der Waals surface area contributed by atoms with Gasteiger partial charge in [-0.1, -0.05) is 35.9 Å². The molecule has 2 amide bonds. The van der Waals surface area contributed by atoms with Gasteiger partial charge in [0.25, 0.3) is 10.2 Å². The molecule has 0 unspecified atom stereocenters. The van der Waals surface area contributed by atoms with Crippen LogP contribution >= 0.6 is 11.6 Å². The van der Waals surface area contributed by atoms with Crippen molar-refractivity contribution in [3.8, 4) is 5.69 Å². The number of hydrogen-bond donors (Lipinski definition) is 2. The van der Waals surface area contributed by atoms with Crippen molar-refractivity contribution in [2.75, 3.05) is 31.5 Å². The predicted octanol–water partition coefficient (Wildman–Crippen LogP) is 1.15. The molecule has 13 nitrogen and oxygen atoms in total. The number of halogens is 1. The number of hydrogen-bond acceptors (Lipinski definition) is 8. The number of aromatic nitrogens is 4. The Bertz CT molecular complexity index is 1540. The number of anilines is 1. The number of benzene rings is 2. The minimum absolute atomic E-state index is 0.142. The first-order valence-corrected chi connectivity index (χ1v) is 14.9. The number of para-hydroxylation sites is 1. The van der Waals surface area contributed by atoms with Crippen LogP contribution in [0.25, 0.3) is 11.8 Å². The number of nitrogens with one attached hydrogen (secondary N) is 1. The van der Waals surface area contributed by atoms with Gasteiger partial charge >= 0.3 is 0 Å². The van der Waals surface area contributed by atoms with E-state index in [0.717, 1.165) is 0 Å². The Morgan fingerprint density at radius 1 is 1.12 bits per heavy atom. The summed E-state index contributed by atoms with van der Waals surface area (Å²) < 4.78 is 26.6. The molecule has 3 atom stereocenters. The highest BCUT2D eigenvalue weighted by Crippen LogP contribution is 2.27. The van der Waals surface area contributed by atoms with E-state index in [9.17, 15) is 18.0 Å². The second-order valence-electron chi connectivity index (χ2n) is 10.0. The smallest absolute Gasteiger partial charge is 0.277 e. The molecule has 0 radical (unpaired) electrons. The van der Waals surface area contributed by atoms with E-state index in [1.807, 2.05) is 18.2 Å². The quantitative estimate of drug-likeness (QED) is 0.383. The highest BCUT2D eigenvalue weighted by molar-refractivity contribution is 7.86. The fraction of sp³-hybridized carbons (Fsp3) is 0.346. The average Bonchev–Trinajstić information content (AvgIpc) is 3.63. The van der Waals surface area contributed by atoms with Crippen LogP contribution in [0.5, 0.6) is 0 Å². The Morgan fingerprint density at radius 3 is 2.59 bits per heavy atom. The number of carbonyl (C=O) groups is 2. The summed E-state index contributed by atoms with van der Waals surface area (Å²) in [6.07, 6.45) is 4.89. The van der Waals surface area contributed by atoms with Gasteiger partial charge in [-0.2, -0.15) is 17.4 Å². The second kappa shape index (κ2) is 12.0. The summed E-state index contributed by atoms with van der Waals surface area (Å²) in [6, 6.07) is 13.0. The first-order chi connectivity index (χ1) is 19.6. The number of carbonyl (C=O) groups excluding carboxylic acids is 2. The molecule has 2 aliphatic heterocycles. The fourth-order valence-corrected chi connectivity index (χ4v) is 6.45. The number of tetrazole rings is 1. The Hall–Kier alpha value is -3.69. The Labute approximate surface area is 242 Å². The van der Waals surface area contributed by atoms with E-state index in [1.165, 1.54) is 21.4 Å². The Morgan fingerprint density at radius 2 is 1.90 bits per heavy atom. The van der Waals surface area contributed by atoms with Crippen LogP contribution in [0.3, 0.4) is 0 Å². The molecule has 1 aromatic heterocycles. The SMILES string of the molecule is C[C@H]1CN([C@H]2C[C@@H](C(=O)Nc3ccccc3)N(C(=O)/C=C/c3ccc(Cl)cc3-n3cnnn3)C2)CCN1S(N)(=O)=O. The lowest BCUT2D eigenvalue weighted by molar-refractivity contribution is -0.132. The van der Waals surface area contributed by atoms with Crippen molar-refractivity contribution in [3.05, 3.63) is 71.5 Å². The molecular weight excluding hydrogens is 570 g/mol. The van der Waals surface area contributed by atoms with Crippen LogP contribution in [-0.2, 0) is 19.8 Å². The van der Waals surface area contributed by atoms with Crippen molar-refractivity contribution in [1.29, 1.82) is 0 Å². The summed E-state index contributed by atoms with van der Waals surface area (Å²) in [5.74, 6) is -0.632. The van der Waals surface area contributed by atoms with Crippen molar-refractivity contribution in [2.24, 2.45) is 5.14 Å². The maximum atomic E-state index is 13.6. The van der Waals surface area contributed by atoms with Gasteiger partial charge in [-0.05, 0) is 54.1 Å². The van der Waals surface area contributed by atoms with Crippen molar-refractivity contribution in [1.82, 2.24) is 34.3 Å². The van der Waals surface area contributed by atoms with Crippen molar-refractivity contribution < 1.29 is 18.0 Å². The Balaban J connectivity index is 1.37. The van der Waals surface area contributed by atoms with Crippen LogP contribution in [0.4, 0.5) is 5.69 Å². The number of piperazine rings is 1. The molecule has 2 aliphatic rings. The summed E-state index contributed by atoms with van der Waals surface area (Å²) in [4.78, 5) is 30.7. The first kappa shape index (κ1) is 28.8. The predicted molar refractivity (Wildman–Crippen MR) is 153 cm³/mol. The maximum absolute atomic E-state index is 13.6. The van der Waals surface area contributed by atoms with Gasteiger partial charge in [-0.3, -0.25) is 14.5 Å². The average molecular weight is 600 g/mol. The molecule has 216 valence electrons. The van der Waals surface area contributed by atoms with Gasteiger partial charge in [0, 0.05) is 60.6 Å². The third-order valence-corrected chi connectivity index (χ3v) is 8.77. The van der Waals surface area contributed by atoms with E-state index in [2.05, 4.69) is 25.7 Å². The number of amides is 2. The van der Waals surface area contributed by atoms with E-state index >= 15 is 0 Å². The van der Waals surface area contributed by atoms with E-state index in [-0.39, 0.29) is 30.4 Å². The molecule has 2 saturated heterocycles. The Kier molecular flexibility index (Phi) is 8.47. The molecule has 2 fully saturated rings. The van der Waals surface area contributed by atoms with Crippen LogP contribution in [0.15, 0.2) is 60.9 Å². The number of likely N-dealkylation sites (tertiary alicyclic amines) is 1. The molecule has 0 bridgehead atoms. The van der Waals surface area contributed by atoms with Crippen LogP contribution < -0.4 is 10.5 Å². The minimum Gasteiger partial charge on any atom is -0.325 e. The first-order valence-electron chi connectivity index (χ1n) is 13.0. The second-order valence-corrected chi connectivity index (χ2v) is 12.0. The summed E-state index contributed by atoms with van der Waals surface area (Å²) in [6.45, 7) is 3.22. The van der Waals surface area contributed by atoms with Crippen molar-refractivity contribution >= 4 is 45.4 Å². The van der Waals surface area contributed by atoms with Crippen molar-refractivity contribution in [3.63, 3.8) is 0 Å². The molecule has 2 aromatic carbocycles. The molecule has 3 heterocycles. The zero-order valence-corrected chi connectivity index (χ0v) is 23.8. The van der Waals surface area contributed by atoms with Gasteiger partial charge in [0.2, 0.25) is 11.8 Å². The normalized spacial score (nSPS) is 22.3. The van der Waals surface area contributed by atoms with Gasteiger partial charge in [0.15, 0.2) is 0 Å². The van der Waals surface area contributed by atoms with Gasteiger partial charge in [-0.15, -0.1) is 5.10 Å². The fourth-order valence-electron chi connectivity index (χ4n) is 5.38. The molecule has 3 N–H and O–H groups in total. The van der Waals surface area contributed by atoms with Gasteiger partial charge in [-0.25, -0.2) is 5.14 Å². The standard InChI is InChI=1S/C26H30ClN9O4S/c1-18-15-33(11-12-36(18)41(28,39)40)22-14-24(26(38)30-21-5-3-2-4-6-21)34(16-22)25(37)10-8-19-7-9-20(27)13-23(19)35-17-29-31-32-35/h2-10,13,17-18,22,24H,11-12,14-16H2,1H3,(H,30,38)(H2,28,39,40)/b10-8+/t18-,22-,24-/m0/s1. The lowest BCUT2D eigenvalue weighted by Gasteiger charge is -2.40. The lowest BCUT2D eigenvalue weighted by atomic mass is 10.1. The van der Waals surface area contributed by atoms with E-state index in [4.69, 9.17) is 16.7 Å². The summed E-state index contributed by atoms with van der Waals surface area (Å²) in [5.41, 5.74) is 1.88. The third-order valence-electron chi connectivity index (χ3n) is 7.34. The van der Waals surface area contributed by atoms with E-state index in [0.29, 0.717) is 48.0 Å². The molecule has 0 aliphatic carbocycles. The number of nitrogens with two attached hydrogens (primary N) is 1. The molecule has 5 rings (SSSR count). The topological polar surface area (TPSA) is 160 Å². The largest absolute Gasteiger partial charge is 0.325 e. The molecule has 0 saturated carbocycles. The highest BCUT2D eigenvalue weighted by atomic mass is 35.5. The van der Waals surface area contributed by atoms with Crippen LogP contribution in [0.1, 0.15) is 18.9 Å². The lowest BCUT2D eigenvalue weighted by Crippen LogP contribution is -2.58. The van der Waals surface area contributed by atoms with Crippen LogP contribution in [0, 0.1) is 0 Å². The van der Waals surface area contributed by atoms with Crippen LogP contribution in [0.2, 0.25) is 5.02 Å².